The Bertz CT molecular complexity index is 1120. The number of rotatable bonds is 4. The molecule has 7 heteroatoms. The molecule has 30 heavy (non-hydrogen) atoms. The van der Waals surface area contributed by atoms with Crippen LogP contribution in [0.5, 0.6) is 0 Å². The molecule has 1 aliphatic heterocycles. The van der Waals surface area contributed by atoms with Crippen LogP contribution in [0.2, 0.25) is 0 Å². The van der Waals surface area contributed by atoms with Gasteiger partial charge < -0.3 is 10.2 Å². The zero-order valence-electron chi connectivity index (χ0n) is 16.4. The number of aromatic nitrogens is 2. The molecular weight excluding hydrogens is 383 g/mol. The largest absolute Gasteiger partial charge is 0.321 e. The maximum absolute atomic E-state index is 13.3. The number of fused-ring (bicyclic) bond motifs is 1. The molecule has 3 aromatic rings. The number of hydrogen-bond acceptors (Lipinski definition) is 3. The van der Waals surface area contributed by atoms with Crippen molar-refractivity contribution in [2.24, 2.45) is 0 Å². The predicted octanol–water partition coefficient (Wildman–Crippen LogP) is 3.88. The van der Waals surface area contributed by atoms with E-state index in [1.165, 1.54) is 12.1 Å². The first-order valence-corrected chi connectivity index (χ1v) is 10.2. The van der Waals surface area contributed by atoms with E-state index in [1.807, 2.05) is 12.1 Å². The van der Waals surface area contributed by atoms with Gasteiger partial charge in [-0.2, -0.15) is 5.10 Å². The number of nitrogens with one attached hydrogen (secondary N) is 1. The smallest absolute Gasteiger partial charge is 0.276 e. The highest BCUT2D eigenvalue weighted by Gasteiger charge is 2.27. The van der Waals surface area contributed by atoms with E-state index in [4.69, 9.17) is 0 Å². The number of anilines is 2. The number of nitrogens with zero attached hydrogens (tertiary/aromatic N) is 3. The minimum absolute atomic E-state index is 0.133. The molecule has 1 saturated heterocycles. The van der Waals surface area contributed by atoms with E-state index in [9.17, 15) is 14.0 Å². The maximum atomic E-state index is 13.3. The lowest BCUT2D eigenvalue weighted by Crippen LogP contribution is -2.23. The molecule has 2 heterocycles. The van der Waals surface area contributed by atoms with E-state index in [0.29, 0.717) is 17.8 Å². The van der Waals surface area contributed by atoms with Crippen LogP contribution in [-0.2, 0) is 17.6 Å². The van der Waals surface area contributed by atoms with Crippen LogP contribution >= 0.6 is 0 Å². The number of carbonyl (C=O) groups is 2. The summed E-state index contributed by atoms with van der Waals surface area (Å²) >= 11 is 0. The fourth-order valence-corrected chi connectivity index (χ4v) is 4.25. The van der Waals surface area contributed by atoms with Gasteiger partial charge in [0.2, 0.25) is 5.91 Å². The van der Waals surface area contributed by atoms with Crippen LogP contribution in [0.25, 0.3) is 5.69 Å². The standard InChI is InChI=1S/C23H21FN4O2/c24-15-6-10-18(11-7-15)28-20-4-1-3-19(20)22(26-28)23(30)25-16-8-12-17(13-9-16)27-14-2-5-21(27)29/h6-13H,1-5,14H2,(H,25,30). The fraction of sp³-hybridized carbons (Fsp3) is 0.261. The summed E-state index contributed by atoms with van der Waals surface area (Å²) in [5.74, 6) is -0.438. The van der Waals surface area contributed by atoms with Crippen molar-refractivity contribution in [2.75, 3.05) is 16.8 Å². The van der Waals surface area contributed by atoms with Crippen LogP contribution in [0, 0.1) is 5.82 Å². The molecule has 0 atom stereocenters. The first-order chi connectivity index (χ1) is 14.6. The summed E-state index contributed by atoms with van der Waals surface area (Å²) in [5.41, 5.74) is 4.61. The predicted molar refractivity (Wildman–Crippen MR) is 112 cm³/mol. The first-order valence-electron chi connectivity index (χ1n) is 10.2. The van der Waals surface area contributed by atoms with E-state index < -0.39 is 0 Å². The minimum atomic E-state index is -0.306. The number of amides is 2. The SMILES string of the molecule is O=C(Nc1ccc(N2CCCC2=O)cc1)c1nn(-c2ccc(F)cc2)c2c1CCC2. The summed E-state index contributed by atoms with van der Waals surface area (Å²) in [4.78, 5) is 26.6. The molecule has 1 aromatic heterocycles. The van der Waals surface area contributed by atoms with Crippen LogP contribution < -0.4 is 10.2 Å². The van der Waals surface area contributed by atoms with E-state index in [2.05, 4.69) is 10.4 Å². The summed E-state index contributed by atoms with van der Waals surface area (Å²) in [6.45, 7) is 0.734. The van der Waals surface area contributed by atoms with Gasteiger partial charge in [-0.1, -0.05) is 0 Å². The molecule has 2 aliphatic rings. The van der Waals surface area contributed by atoms with E-state index in [1.54, 1.807) is 33.8 Å². The third-order valence-corrected chi connectivity index (χ3v) is 5.73. The van der Waals surface area contributed by atoms with Crippen molar-refractivity contribution in [1.82, 2.24) is 9.78 Å². The highest BCUT2D eigenvalue weighted by atomic mass is 19.1. The quantitative estimate of drug-likeness (QED) is 0.718. The summed E-state index contributed by atoms with van der Waals surface area (Å²) in [7, 11) is 0. The monoisotopic (exact) mass is 404 g/mol. The third kappa shape index (κ3) is 3.26. The van der Waals surface area contributed by atoms with Crippen LogP contribution in [0.3, 0.4) is 0 Å². The topological polar surface area (TPSA) is 67.2 Å². The molecule has 6 nitrogen and oxygen atoms in total. The van der Waals surface area contributed by atoms with Crippen molar-refractivity contribution in [3.8, 4) is 5.69 Å². The summed E-state index contributed by atoms with van der Waals surface area (Å²) in [6, 6.07) is 13.4. The van der Waals surface area contributed by atoms with Gasteiger partial charge in [0, 0.05) is 35.6 Å². The molecule has 0 radical (unpaired) electrons. The summed E-state index contributed by atoms with van der Waals surface area (Å²) < 4.78 is 15.0. The highest BCUT2D eigenvalue weighted by Crippen LogP contribution is 2.29. The zero-order valence-corrected chi connectivity index (χ0v) is 16.4. The van der Waals surface area contributed by atoms with Crippen LogP contribution in [0.15, 0.2) is 48.5 Å². The summed E-state index contributed by atoms with van der Waals surface area (Å²) in [6.07, 6.45) is 4.06. The highest BCUT2D eigenvalue weighted by molar-refractivity contribution is 6.04. The van der Waals surface area contributed by atoms with Crippen LogP contribution in [-0.4, -0.2) is 28.1 Å². The molecule has 1 N–H and O–H groups in total. The van der Waals surface area contributed by atoms with Gasteiger partial charge in [0.1, 0.15) is 5.82 Å². The molecule has 152 valence electrons. The Morgan fingerprint density at radius 1 is 0.933 bits per heavy atom. The van der Waals surface area contributed by atoms with Crippen molar-refractivity contribution in [2.45, 2.75) is 32.1 Å². The Hall–Kier alpha value is -3.48. The molecular formula is C23H21FN4O2. The number of hydrogen-bond donors (Lipinski definition) is 1. The molecule has 1 fully saturated rings. The van der Waals surface area contributed by atoms with Crippen molar-refractivity contribution in [3.05, 3.63) is 71.3 Å². The van der Waals surface area contributed by atoms with Gasteiger partial charge in [-0.25, -0.2) is 9.07 Å². The summed E-state index contributed by atoms with van der Waals surface area (Å²) in [5, 5.41) is 7.46. The van der Waals surface area contributed by atoms with Crippen molar-refractivity contribution < 1.29 is 14.0 Å². The normalized spacial score (nSPS) is 15.5. The molecule has 0 saturated carbocycles. The van der Waals surface area contributed by atoms with Gasteiger partial charge >= 0.3 is 0 Å². The number of benzene rings is 2. The molecule has 0 unspecified atom stereocenters. The van der Waals surface area contributed by atoms with E-state index in [-0.39, 0.29) is 17.6 Å². The molecule has 2 amide bonds. The Balaban J connectivity index is 1.38. The molecule has 0 bridgehead atoms. The molecule has 0 spiro atoms. The van der Waals surface area contributed by atoms with Gasteiger partial charge in [0.05, 0.1) is 5.69 Å². The second-order valence-electron chi connectivity index (χ2n) is 7.67. The average molecular weight is 404 g/mol. The average Bonchev–Trinajstić information content (AvgIpc) is 3.46. The van der Waals surface area contributed by atoms with E-state index >= 15 is 0 Å². The zero-order chi connectivity index (χ0) is 20.7. The minimum Gasteiger partial charge on any atom is -0.321 e. The fourth-order valence-electron chi connectivity index (χ4n) is 4.25. The van der Waals surface area contributed by atoms with Crippen molar-refractivity contribution in [1.29, 1.82) is 0 Å². The molecule has 1 aliphatic carbocycles. The van der Waals surface area contributed by atoms with Gasteiger partial charge in [0.25, 0.3) is 5.91 Å². The number of halogens is 1. The first kappa shape index (κ1) is 18.5. The van der Waals surface area contributed by atoms with Gasteiger partial charge in [0.15, 0.2) is 5.69 Å². The maximum Gasteiger partial charge on any atom is 0.276 e. The van der Waals surface area contributed by atoms with Crippen molar-refractivity contribution >= 4 is 23.2 Å². The Morgan fingerprint density at radius 2 is 1.67 bits per heavy atom. The lowest BCUT2D eigenvalue weighted by atomic mass is 10.2. The van der Waals surface area contributed by atoms with Gasteiger partial charge in [-0.15, -0.1) is 0 Å². The number of carbonyl (C=O) groups excluding carboxylic acids is 2. The third-order valence-electron chi connectivity index (χ3n) is 5.73. The lowest BCUT2D eigenvalue weighted by molar-refractivity contribution is -0.117. The Labute approximate surface area is 173 Å². The molecule has 2 aromatic carbocycles. The Kier molecular flexibility index (Phi) is 4.58. The van der Waals surface area contributed by atoms with E-state index in [0.717, 1.165) is 54.9 Å². The second kappa shape index (κ2) is 7.40. The van der Waals surface area contributed by atoms with Crippen LogP contribution in [0.4, 0.5) is 15.8 Å². The lowest BCUT2D eigenvalue weighted by Gasteiger charge is -2.16. The van der Waals surface area contributed by atoms with Gasteiger partial charge in [-0.3, -0.25) is 9.59 Å². The second-order valence-corrected chi connectivity index (χ2v) is 7.67. The van der Waals surface area contributed by atoms with Crippen LogP contribution in [0.1, 0.15) is 41.0 Å². The van der Waals surface area contributed by atoms with Gasteiger partial charge in [-0.05, 0) is 74.2 Å². The molecule has 5 rings (SSSR count). The van der Waals surface area contributed by atoms with Crippen molar-refractivity contribution in [3.63, 3.8) is 0 Å². The Morgan fingerprint density at radius 3 is 2.37 bits per heavy atom.